The van der Waals surface area contributed by atoms with Gasteiger partial charge in [0.05, 0.1) is 12.5 Å². The highest BCUT2D eigenvalue weighted by Gasteiger charge is 2.30. The van der Waals surface area contributed by atoms with Gasteiger partial charge in [-0.25, -0.2) is 0 Å². The zero-order valence-electron chi connectivity index (χ0n) is 16.7. The van der Waals surface area contributed by atoms with E-state index in [2.05, 4.69) is 16.0 Å². The summed E-state index contributed by atoms with van der Waals surface area (Å²) in [5, 5.41) is 15.6. The molecule has 0 fully saturated rings. The van der Waals surface area contributed by atoms with Crippen LogP contribution < -0.4 is 27.4 Å². The summed E-state index contributed by atoms with van der Waals surface area (Å²) >= 11 is 0. The first-order valence-electron chi connectivity index (χ1n) is 8.99. The second-order valence-corrected chi connectivity index (χ2v) is 7.31. The van der Waals surface area contributed by atoms with Crippen LogP contribution in [0, 0.1) is 11.8 Å². The molecule has 0 heterocycles. The zero-order valence-corrected chi connectivity index (χ0v) is 16.7. The molecule has 0 aliphatic carbocycles. The average Bonchev–Trinajstić information content (AvgIpc) is 2.55. The molecular formula is C17H31N5O6. The van der Waals surface area contributed by atoms with E-state index in [1.807, 2.05) is 13.8 Å². The van der Waals surface area contributed by atoms with E-state index in [-0.39, 0.29) is 11.8 Å². The lowest BCUT2D eigenvalue weighted by Crippen LogP contribution is -2.58. The van der Waals surface area contributed by atoms with Gasteiger partial charge in [-0.3, -0.25) is 24.0 Å². The number of carbonyl (C=O) groups is 5. The van der Waals surface area contributed by atoms with Crippen LogP contribution in [-0.2, 0) is 24.0 Å². The van der Waals surface area contributed by atoms with Crippen LogP contribution in [0.1, 0.15) is 40.5 Å². The number of rotatable bonds is 12. The molecule has 0 aliphatic heterocycles. The second-order valence-electron chi connectivity index (χ2n) is 7.31. The van der Waals surface area contributed by atoms with E-state index < -0.39 is 60.7 Å². The summed E-state index contributed by atoms with van der Waals surface area (Å²) < 4.78 is 0. The average molecular weight is 401 g/mol. The van der Waals surface area contributed by atoms with Gasteiger partial charge in [-0.05, 0) is 18.3 Å². The maximum atomic E-state index is 12.5. The molecule has 0 aliphatic rings. The van der Waals surface area contributed by atoms with Gasteiger partial charge in [0.25, 0.3) is 0 Å². The van der Waals surface area contributed by atoms with Gasteiger partial charge >= 0.3 is 5.97 Å². The lowest BCUT2D eigenvalue weighted by atomic mass is 10.0. The van der Waals surface area contributed by atoms with Crippen LogP contribution in [-0.4, -0.2) is 59.4 Å². The standard InChI is InChI=1S/C17H31N5O6/c1-8(2)5-10(18)15(26)21-11(6-12(19)23)16(27)22-14(9(3)4)17(28)20-7-13(24)25/h8-11,14H,5-7,18H2,1-4H3,(H2,19,23)(H,20,28)(H,21,26)(H,22,27)(H,24,25). The number of carbonyl (C=O) groups excluding carboxylic acids is 4. The number of nitrogens with two attached hydrogens (primary N) is 2. The molecule has 28 heavy (non-hydrogen) atoms. The number of hydrogen-bond donors (Lipinski definition) is 6. The van der Waals surface area contributed by atoms with Crippen molar-refractivity contribution in [3.8, 4) is 0 Å². The van der Waals surface area contributed by atoms with Gasteiger partial charge < -0.3 is 32.5 Å². The van der Waals surface area contributed by atoms with Crippen LogP contribution in [0.25, 0.3) is 0 Å². The van der Waals surface area contributed by atoms with Crippen LogP contribution in [0.5, 0.6) is 0 Å². The second kappa shape index (κ2) is 11.9. The fourth-order valence-electron chi connectivity index (χ4n) is 2.37. The first-order chi connectivity index (χ1) is 12.8. The van der Waals surface area contributed by atoms with Crippen molar-refractivity contribution in [3.05, 3.63) is 0 Å². The highest BCUT2D eigenvalue weighted by molar-refractivity contribution is 5.95. The van der Waals surface area contributed by atoms with Gasteiger partial charge in [-0.1, -0.05) is 27.7 Å². The first-order valence-corrected chi connectivity index (χ1v) is 8.99. The maximum Gasteiger partial charge on any atom is 0.322 e. The summed E-state index contributed by atoms with van der Waals surface area (Å²) in [6, 6.07) is -3.25. The molecular weight excluding hydrogens is 370 g/mol. The first kappa shape index (κ1) is 25.3. The van der Waals surface area contributed by atoms with Crippen molar-refractivity contribution in [2.75, 3.05) is 6.54 Å². The fourth-order valence-corrected chi connectivity index (χ4v) is 2.37. The summed E-state index contributed by atoms with van der Waals surface area (Å²) in [6.07, 6.45) is -0.101. The van der Waals surface area contributed by atoms with Gasteiger partial charge in [0.1, 0.15) is 18.6 Å². The van der Waals surface area contributed by atoms with E-state index in [0.29, 0.717) is 6.42 Å². The van der Waals surface area contributed by atoms with E-state index in [1.54, 1.807) is 13.8 Å². The molecule has 0 rings (SSSR count). The number of hydrogen-bond acceptors (Lipinski definition) is 6. The summed E-state index contributed by atoms with van der Waals surface area (Å²) in [5.41, 5.74) is 10.9. The van der Waals surface area contributed by atoms with E-state index in [4.69, 9.17) is 16.6 Å². The highest BCUT2D eigenvalue weighted by Crippen LogP contribution is 2.06. The topological polar surface area (TPSA) is 194 Å². The molecule has 11 nitrogen and oxygen atoms in total. The van der Waals surface area contributed by atoms with Crippen LogP contribution in [0.15, 0.2) is 0 Å². The summed E-state index contributed by atoms with van der Waals surface area (Å²) in [6.45, 7) is 6.44. The Labute approximate surface area is 164 Å². The predicted molar refractivity (Wildman–Crippen MR) is 101 cm³/mol. The van der Waals surface area contributed by atoms with E-state index in [0.717, 1.165) is 0 Å². The molecule has 160 valence electrons. The van der Waals surface area contributed by atoms with Crippen LogP contribution in [0.2, 0.25) is 0 Å². The molecule has 8 N–H and O–H groups in total. The molecule has 0 aromatic heterocycles. The number of amides is 4. The Kier molecular flexibility index (Phi) is 10.8. The van der Waals surface area contributed by atoms with Crippen molar-refractivity contribution in [1.29, 1.82) is 0 Å². The van der Waals surface area contributed by atoms with Crippen molar-refractivity contribution in [2.45, 2.75) is 58.7 Å². The molecule has 3 unspecified atom stereocenters. The molecule has 4 amide bonds. The Balaban J connectivity index is 5.20. The Bertz CT molecular complexity index is 593. The number of nitrogens with one attached hydrogen (secondary N) is 3. The van der Waals surface area contributed by atoms with E-state index >= 15 is 0 Å². The fraction of sp³-hybridized carbons (Fsp3) is 0.706. The summed E-state index contributed by atoms with van der Waals surface area (Å²) in [7, 11) is 0. The molecule has 11 heteroatoms. The molecule has 0 aromatic carbocycles. The minimum absolute atomic E-state index is 0.146. The van der Waals surface area contributed by atoms with Gasteiger partial charge in [-0.15, -0.1) is 0 Å². The van der Waals surface area contributed by atoms with Crippen LogP contribution in [0.4, 0.5) is 0 Å². The third kappa shape index (κ3) is 9.86. The molecule has 3 atom stereocenters. The predicted octanol–water partition coefficient (Wildman–Crippen LogP) is -1.94. The van der Waals surface area contributed by atoms with Gasteiger partial charge in [0.2, 0.25) is 23.6 Å². The molecule has 0 saturated heterocycles. The highest BCUT2D eigenvalue weighted by atomic mass is 16.4. The largest absolute Gasteiger partial charge is 0.480 e. The number of primary amides is 1. The van der Waals surface area contributed by atoms with Crippen molar-refractivity contribution in [3.63, 3.8) is 0 Å². The normalized spacial score (nSPS) is 14.1. The summed E-state index contributed by atoms with van der Waals surface area (Å²) in [5.74, 6) is -4.42. The molecule has 0 bridgehead atoms. The Morgan fingerprint density at radius 1 is 0.929 bits per heavy atom. The quantitative estimate of drug-likeness (QED) is 0.219. The zero-order chi connectivity index (χ0) is 22.0. The molecule has 0 spiro atoms. The Morgan fingerprint density at radius 2 is 1.50 bits per heavy atom. The number of aliphatic carboxylic acids is 1. The molecule has 0 aromatic rings. The minimum atomic E-state index is -1.31. The number of carboxylic acid groups (broad SMARTS) is 1. The third-order valence-electron chi connectivity index (χ3n) is 3.76. The van der Waals surface area contributed by atoms with Crippen LogP contribution >= 0.6 is 0 Å². The lowest BCUT2D eigenvalue weighted by molar-refractivity contribution is -0.139. The van der Waals surface area contributed by atoms with Crippen molar-refractivity contribution >= 4 is 29.6 Å². The Morgan fingerprint density at radius 3 is 1.93 bits per heavy atom. The smallest absolute Gasteiger partial charge is 0.322 e. The van der Waals surface area contributed by atoms with Crippen LogP contribution in [0.3, 0.4) is 0 Å². The molecule has 0 radical (unpaired) electrons. The number of carboxylic acids is 1. The van der Waals surface area contributed by atoms with Gasteiger partial charge in [0.15, 0.2) is 0 Å². The summed E-state index contributed by atoms with van der Waals surface area (Å²) in [4.78, 5) is 58.8. The van der Waals surface area contributed by atoms with Gasteiger partial charge in [-0.2, -0.15) is 0 Å². The SMILES string of the molecule is CC(C)CC(N)C(=O)NC(CC(N)=O)C(=O)NC(C(=O)NCC(=O)O)C(C)C. The molecule has 0 saturated carbocycles. The van der Waals surface area contributed by atoms with Crippen molar-refractivity contribution in [1.82, 2.24) is 16.0 Å². The monoisotopic (exact) mass is 401 g/mol. The lowest BCUT2D eigenvalue weighted by Gasteiger charge is -2.25. The van der Waals surface area contributed by atoms with Gasteiger partial charge in [0, 0.05) is 0 Å². The maximum absolute atomic E-state index is 12.5. The third-order valence-corrected chi connectivity index (χ3v) is 3.76. The van der Waals surface area contributed by atoms with E-state index in [1.165, 1.54) is 0 Å². The minimum Gasteiger partial charge on any atom is -0.480 e. The van der Waals surface area contributed by atoms with Crippen molar-refractivity contribution in [2.24, 2.45) is 23.3 Å². The van der Waals surface area contributed by atoms with E-state index in [9.17, 15) is 24.0 Å². The van der Waals surface area contributed by atoms with Crippen molar-refractivity contribution < 1.29 is 29.1 Å². The Hall–Kier alpha value is -2.69.